The zero-order chi connectivity index (χ0) is 14.2. The second-order valence-electron chi connectivity index (χ2n) is 6.38. The van der Waals surface area contributed by atoms with Gasteiger partial charge in [0.05, 0.1) is 0 Å². The van der Waals surface area contributed by atoms with Crippen molar-refractivity contribution in [3.8, 4) is 0 Å². The zero-order valence-electron chi connectivity index (χ0n) is 13.6. The van der Waals surface area contributed by atoms with Crippen LogP contribution in [0.2, 0.25) is 38.8 Å². The summed E-state index contributed by atoms with van der Waals surface area (Å²) in [5, 5.41) is 0. The molecule has 0 fully saturated rings. The van der Waals surface area contributed by atoms with Crippen LogP contribution in [-0.2, 0) is 4.12 Å². The summed E-state index contributed by atoms with van der Waals surface area (Å²) in [4.78, 5) is 0. The van der Waals surface area contributed by atoms with Crippen LogP contribution in [0.4, 0.5) is 0 Å². The van der Waals surface area contributed by atoms with Gasteiger partial charge in [0.1, 0.15) is 0 Å². The van der Waals surface area contributed by atoms with Crippen LogP contribution in [0.25, 0.3) is 0 Å². The second-order valence-corrected chi connectivity index (χ2v) is 15.4. The van der Waals surface area contributed by atoms with Crippen LogP contribution < -0.4 is 12.4 Å². The average Bonchev–Trinajstić information content (AvgIpc) is 2.15. The first-order valence-electron chi connectivity index (χ1n) is 6.88. The molecule has 0 saturated carbocycles. The van der Waals surface area contributed by atoms with Gasteiger partial charge in [0.25, 0.3) is 0 Å². The highest BCUT2D eigenvalue weighted by Gasteiger charge is 2.28. The largest absolute Gasteiger partial charge is 1.00 e. The highest BCUT2D eigenvalue weighted by molar-refractivity contribution is 6.84. The lowest BCUT2D eigenvalue weighted by atomic mass is 10.2. The molecule has 1 aromatic carbocycles. The average molecular weight is 318 g/mol. The molecule has 1 nitrogen and oxygen atoms in total. The van der Waals surface area contributed by atoms with E-state index in [1.807, 2.05) is 18.2 Å². The van der Waals surface area contributed by atoms with Gasteiger partial charge in [0, 0.05) is 0 Å². The van der Waals surface area contributed by atoms with E-state index in [-0.39, 0.29) is 12.4 Å². The standard InChI is InChI=1S/C8H22OSi2.C7H8.ClH/c1-7-8-11(5,6)9-10(2,3)4;1-7-5-3-2-4-6-7;/h7-8H2,1-6H3;2-6H,1H3;1H/p-1. The van der Waals surface area contributed by atoms with E-state index in [1.54, 1.807) is 0 Å². The number of benzene rings is 1. The second kappa shape index (κ2) is 9.75. The number of hydrogen-bond acceptors (Lipinski definition) is 1. The first kappa shape index (κ1) is 21.2. The Kier molecular flexibility index (Phi) is 10.9. The van der Waals surface area contributed by atoms with Gasteiger partial charge in [0.2, 0.25) is 0 Å². The summed E-state index contributed by atoms with van der Waals surface area (Å²) in [6, 6.07) is 11.6. The van der Waals surface area contributed by atoms with E-state index in [2.05, 4.69) is 58.7 Å². The molecule has 0 aromatic heterocycles. The highest BCUT2D eigenvalue weighted by Crippen LogP contribution is 2.19. The maximum absolute atomic E-state index is 6.14. The molecule has 0 atom stereocenters. The third-order valence-electron chi connectivity index (χ3n) is 2.37. The van der Waals surface area contributed by atoms with Crippen molar-refractivity contribution in [2.24, 2.45) is 0 Å². The monoisotopic (exact) mass is 317 g/mol. The minimum absolute atomic E-state index is 0. The van der Waals surface area contributed by atoms with Crippen LogP contribution in [0.3, 0.4) is 0 Å². The summed E-state index contributed by atoms with van der Waals surface area (Å²) in [5.74, 6) is 0. The Bertz CT molecular complexity index is 321. The van der Waals surface area contributed by atoms with Gasteiger partial charge in [-0.25, -0.2) is 0 Å². The van der Waals surface area contributed by atoms with E-state index in [0.717, 1.165) is 0 Å². The first-order valence-corrected chi connectivity index (χ1v) is 13.4. The van der Waals surface area contributed by atoms with Gasteiger partial charge in [-0.3, -0.25) is 0 Å². The molecule has 0 aliphatic heterocycles. The van der Waals surface area contributed by atoms with Gasteiger partial charge in [-0.05, 0) is 45.7 Å². The molecule has 0 heterocycles. The van der Waals surface area contributed by atoms with E-state index in [4.69, 9.17) is 4.12 Å². The van der Waals surface area contributed by atoms with Crippen LogP contribution in [0.5, 0.6) is 0 Å². The molecule has 1 aromatic rings. The Morgan fingerprint density at radius 1 is 0.947 bits per heavy atom. The molecule has 19 heavy (non-hydrogen) atoms. The fraction of sp³-hybridized carbons (Fsp3) is 0.600. The van der Waals surface area contributed by atoms with Crippen molar-refractivity contribution in [2.45, 2.75) is 59.0 Å². The molecule has 0 unspecified atom stereocenters. The Labute approximate surface area is 128 Å². The van der Waals surface area contributed by atoms with E-state index in [0.29, 0.717) is 0 Å². The highest BCUT2D eigenvalue weighted by atomic mass is 35.5. The maximum Gasteiger partial charge on any atom is 0.173 e. The van der Waals surface area contributed by atoms with Crippen molar-refractivity contribution in [1.82, 2.24) is 0 Å². The SMILES string of the molecule is CCC[Si](C)(C)O[Si](C)(C)C.Cc1ccccc1.[Cl-]. The van der Waals surface area contributed by atoms with Crippen molar-refractivity contribution < 1.29 is 16.5 Å². The van der Waals surface area contributed by atoms with Crippen molar-refractivity contribution in [2.75, 3.05) is 0 Å². The van der Waals surface area contributed by atoms with Crippen LogP contribution in [-0.4, -0.2) is 16.6 Å². The van der Waals surface area contributed by atoms with Crippen molar-refractivity contribution in [3.05, 3.63) is 35.9 Å². The van der Waals surface area contributed by atoms with Crippen LogP contribution in [0.15, 0.2) is 30.3 Å². The van der Waals surface area contributed by atoms with Gasteiger partial charge in [-0.1, -0.05) is 49.2 Å². The van der Waals surface area contributed by atoms with Gasteiger partial charge in [-0.15, -0.1) is 0 Å². The van der Waals surface area contributed by atoms with E-state index >= 15 is 0 Å². The molecule has 0 aliphatic carbocycles. The van der Waals surface area contributed by atoms with Crippen LogP contribution >= 0.6 is 0 Å². The molecule has 0 bridgehead atoms. The molecule has 0 radical (unpaired) electrons. The predicted molar refractivity (Wildman–Crippen MR) is 88.2 cm³/mol. The Hall–Kier alpha value is -0.0962. The number of aryl methyl sites for hydroxylation is 1. The third kappa shape index (κ3) is 14.1. The lowest BCUT2D eigenvalue weighted by Crippen LogP contribution is -3.00. The number of hydrogen-bond donors (Lipinski definition) is 0. The topological polar surface area (TPSA) is 9.23 Å². The summed E-state index contributed by atoms with van der Waals surface area (Å²) >= 11 is 0. The Morgan fingerprint density at radius 3 is 1.68 bits per heavy atom. The smallest absolute Gasteiger partial charge is 0.173 e. The van der Waals surface area contributed by atoms with Gasteiger partial charge >= 0.3 is 0 Å². The molecule has 4 heteroatoms. The summed E-state index contributed by atoms with van der Waals surface area (Å²) < 4.78 is 6.14. The van der Waals surface area contributed by atoms with Gasteiger partial charge in [0.15, 0.2) is 16.6 Å². The molecular formula is C15H30ClOSi2-. The van der Waals surface area contributed by atoms with Crippen molar-refractivity contribution in [1.29, 1.82) is 0 Å². The fourth-order valence-electron chi connectivity index (χ4n) is 2.02. The maximum atomic E-state index is 6.14. The molecule has 0 saturated heterocycles. The number of halogens is 1. The summed E-state index contributed by atoms with van der Waals surface area (Å²) in [6.45, 7) is 15.8. The molecule has 0 spiro atoms. The Balaban J connectivity index is 0. The minimum atomic E-state index is -1.28. The summed E-state index contributed by atoms with van der Waals surface area (Å²) in [7, 11) is -2.55. The van der Waals surface area contributed by atoms with Crippen LogP contribution in [0, 0.1) is 6.92 Å². The fourth-order valence-corrected chi connectivity index (χ4v) is 10.3. The van der Waals surface area contributed by atoms with Gasteiger partial charge in [-0.2, -0.15) is 0 Å². The van der Waals surface area contributed by atoms with Gasteiger partial charge < -0.3 is 16.5 Å². The zero-order valence-corrected chi connectivity index (χ0v) is 16.3. The Morgan fingerprint density at radius 2 is 1.42 bits per heavy atom. The first-order chi connectivity index (χ1) is 8.16. The van der Waals surface area contributed by atoms with Crippen molar-refractivity contribution in [3.63, 3.8) is 0 Å². The lowest BCUT2D eigenvalue weighted by molar-refractivity contribution is -0.00000579. The predicted octanol–water partition coefficient (Wildman–Crippen LogP) is 2.45. The van der Waals surface area contributed by atoms with E-state index < -0.39 is 16.6 Å². The quantitative estimate of drug-likeness (QED) is 0.775. The summed E-state index contributed by atoms with van der Waals surface area (Å²) in [5.41, 5.74) is 1.32. The molecule has 0 aliphatic rings. The molecule has 112 valence electrons. The molecule has 0 amide bonds. The van der Waals surface area contributed by atoms with Crippen LogP contribution in [0.1, 0.15) is 18.9 Å². The summed E-state index contributed by atoms with van der Waals surface area (Å²) in [6.07, 6.45) is 1.27. The van der Waals surface area contributed by atoms with E-state index in [9.17, 15) is 0 Å². The minimum Gasteiger partial charge on any atom is -1.00 e. The van der Waals surface area contributed by atoms with E-state index in [1.165, 1.54) is 18.0 Å². The number of rotatable bonds is 4. The third-order valence-corrected chi connectivity index (χ3v) is 8.74. The lowest BCUT2D eigenvalue weighted by Gasteiger charge is -2.31. The molecular weight excluding hydrogens is 288 g/mol. The molecule has 0 N–H and O–H groups in total. The molecule has 1 rings (SSSR count). The normalized spacial score (nSPS) is 11.1. The van der Waals surface area contributed by atoms with Crippen molar-refractivity contribution >= 4 is 16.6 Å².